The molecular formula is C34H63O8P. The molecule has 0 saturated heterocycles. The summed E-state index contributed by atoms with van der Waals surface area (Å²) < 4.78 is 26.2. The van der Waals surface area contributed by atoms with Crippen molar-refractivity contribution in [3.63, 3.8) is 0 Å². The Bertz CT molecular complexity index is 761. The Morgan fingerprint density at radius 2 is 1.05 bits per heavy atom. The second-order valence-electron chi connectivity index (χ2n) is 11.5. The number of rotatable bonds is 31. The molecule has 0 aromatic rings. The van der Waals surface area contributed by atoms with E-state index in [0.717, 1.165) is 57.8 Å². The molecule has 0 bridgehead atoms. The van der Waals surface area contributed by atoms with Crippen LogP contribution >= 0.6 is 7.82 Å². The molecule has 0 fully saturated rings. The zero-order valence-electron chi connectivity index (χ0n) is 27.4. The van der Waals surface area contributed by atoms with Crippen LogP contribution in [0.4, 0.5) is 0 Å². The van der Waals surface area contributed by atoms with Gasteiger partial charge in [-0.05, 0) is 44.9 Å². The SMILES string of the molecule is CCCCC/C=C\C/C=C\CCCCCCCC(=O)OC[C@H](COP(=O)(O)O)OC(=O)CCCCCCCCCCCC. The van der Waals surface area contributed by atoms with Crippen LogP contribution in [0.2, 0.25) is 0 Å². The van der Waals surface area contributed by atoms with Gasteiger partial charge in [0, 0.05) is 12.8 Å². The minimum absolute atomic E-state index is 0.211. The smallest absolute Gasteiger partial charge is 0.462 e. The first-order valence-corrected chi connectivity index (χ1v) is 18.7. The van der Waals surface area contributed by atoms with E-state index in [1.165, 1.54) is 64.2 Å². The molecule has 9 heteroatoms. The van der Waals surface area contributed by atoms with Gasteiger partial charge >= 0.3 is 19.8 Å². The summed E-state index contributed by atoms with van der Waals surface area (Å²) in [5.41, 5.74) is 0. The van der Waals surface area contributed by atoms with Gasteiger partial charge in [-0.1, -0.05) is 128 Å². The van der Waals surface area contributed by atoms with Gasteiger partial charge in [-0.25, -0.2) is 4.57 Å². The number of hydrogen-bond donors (Lipinski definition) is 2. The summed E-state index contributed by atoms with van der Waals surface area (Å²) in [5, 5.41) is 0. The van der Waals surface area contributed by atoms with Crippen molar-refractivity contribution in [2.45, 2.75) is 168 Å². The lowest BCUT2D eigenvalue weighted by atomic mass is 10.1. The number of ether oxygens (including phenoxy) is 2. The summed E-state index contributed by atoms with van der Waals surface area (Å²) >= 11 is 0. The lowest BCUT2D eigenvalue weighted by Crippen LogP contribution is -2.29. The van der Waals surface area contributed by atoms with Crippen LogP contribution in [0.1, 0.15) is 162 Å². The van der Waals surface area contributed by atoms with Crippen LogP contribution < -0.4 is 0 Å². The van der Waals surface area contributed by atoms with Gasteiger partial charge in [0.15, 0.2) is 6.10 Å². The lowest BCUT2D eigenvalue weighted by Gasteiger charge is -2.18. The monoisotopic (exact) mass is 630 g/mol. The van der Waals surface area contributed by atoms with E-state index in [2.05, 4.69) is 42.7 Å². The van der Waals surface area contributed by atoms with E-state index < -0.39 is 32.5 Å². The maximum atomic E-state index is 12.3. The number of esters is 2. The van der Waals surface area contributed by atoms with E-state index in [-0.39, 0.29) is 19.4 Å². The van der Waals surface area contributed by atoms with Gasteiger partial charge in [0.25, 0.3) is 0 Å². The van der Waals surface area contributed by atoms with Gasteiger partial charge < -0.3 is 19.3 Å². The second-order valence-corrected chi connectivity index (χ2v) is 12.7. The topological polar surface area (TPSA) is 119 Å². The van der Waals surface area contributed by atoms with E-state index in [4.69, 9.17) is 19.3 Å². The van der Waals surface area contributed by atoms with Gasteiger partial charge in [0.1, 0.15) is 6.61 Å². The number of carbonyl (C=O) groups is 2. The molecule has 1 atom stereocenters. The van der Waals surface area contributed by atoms with Crippen molar-refractivity contribution >= 4 is 19.8 Å². The van der Waals surface area contributed by atoms with Crippen LogP contribution in [-0.4, -0.2) is 41.0 Å². The Morgan fingerprint density at radius 1 is 0.605 bits per heavy atom. The van der Waals surface area contributed by atoms with Crippen molar-refractivity contribution in [1.29, 1.82) is 0 Å². The van der Waals surface area contributed by atoms with Crippen LogP contribution in [0.15, 0.2) is 24.3 Å². The summed E-state index contributed by atoms with van der Waals surface area (Å²) in [6, 6.07) is 0. The first kappa shape index (κ1) is 41.5. The second kappa shape index (κ2) is 30.6. The van der Waals surface area contributed by atoms with Gasteiger partial charge in [-0.15, -0.1) is 0 Å². The summed E-state index contributed by atoms with van der Waals surface area (Å²) in [6.45, 7) is 3.61. The molecule has 0 aliphatic carbocycles. The predicted molar refractivity (Wildman–Crippen MR) is 175 cm³/mol. The minimum Gasteiger partial charge on any atom is -0.462 e. The first-order chi connectivity index (χ1) is 20.8. The van der Waals surface area contributed by atoms with Crippen molar-refractivity contribution in [3.8, 4) is 0 Å². The summed E-state index contributed by atoms with van der Waals surface area (Å²) in [5.74, 6) is -0.902. The van der Waals surface area contributed by atoms with Crippen molar-refractivity contribution in [1.82, 2.24) is 0 Å². The quantitative estimate of drug-likeness (QED) is 0.0336. The molecule has 43 heavy (non-hydrogen) atoms. The normalized spacial score (nSPS) is 12.7. The Balaban J connectivity index is 4.01. The number of unbranched alkanes of at least 4 members (excludes halogenated alkanes) is 17. The van der Waals surface area contributed by atoms with E-state index in [1.54, 1.807) is 0 Å². The molecule has 0 unspecified atom stereocenters. The highest BCUT2D eigenvalue weighted by Gasteiger charge is 2.22. The van der Waals surface area contributed by atoms with Gasteiger partial charge in [-0.3, -0.25) is 14.1 Å². The fraction of sp³-hybridized carbons (Fsp3) is 0.824. The predicted octanol–water partition coefficient (Wildman–Crippen LogP) is 9.68. The van der Waals surface area contributed by atoms with Crippen molar-refractivity contribution in [2.24, 2.45) is 0 Å². The average Bonchev–Trinajstić information content (AvgIpc) is 2.97. The van der Waals surface area contributed by atoms with Crippen LogP contribution in [0.25, 0.3) is 0 Å². The molecule has 0 radical (unpaired) electrons. The molecular weight excluding hydrogens is 567 g/mol. The van der Waals surface area contributed by atoms with E-state index in [1.807, 2.05) is 0 Å². The van der Waals surface area contributed by atoms with Crippen molar-refractivity contribution in [2.75, 3.05) is 13.2 Å². The number of hydrogen-bond acceptors (Lipinski definition) is 6. The molecule has 0 aliphatic rings. The van der Waals surface area contributed by atoms with Crippen LogP contribution in [0.3, 0.4) is 0 Å². The maximum absolute atomic E-state index is 12.3. The van der Waals surface area contributed by atoms with Gasteiger partial charge in [-0.2, -0.15) is 0 Å². The van der Waals surface area contributed by atoms with Crippen molar-refractivity contribution < 1.29 is 37.9 Å². The summed E-state index contributed by atoms with van der Waals surface area (Å²) in [7, 11) is -4.74. The summed E-state index contributed by atoms with van der Waals surface area (Å²) in [6.07, 6.45) is 31.9. The van der Waals surface area contributed by atoms with Crippen LogP contribution in [0.5, 0.6) is 0 Å². The largest absolute Gasteiger partial charge is 0.469 e. The number of phosphoric ester groups is 1. The highest BCUT2D eigenvalue weighted by atomic mass is 31.2. The van der Waals surface area contributed by atoms with Gasteiger partial charge in [0.05, 0.1) is 6.61 Å². The molecule has 8 nitrogen and oxygen atoms in total. The minimum atomic E-state index is -4.74. The van der Waals surface area contributed by atoms with Crippen LogP contribution in [0, 0.1) is 0 Å². The molecule has 0 aromatic heterocycles. The molecule has 2 N–H and O–H groups in total. The Hall–Kier alpha value is -1.47. The van der Waals surface area contributed by atoms with E-state index >= 15 is 0 Å². The molecule has 252 valence electrons. The zero-order valence-corrected chi connectivity index (χ0v) is 28.2. The fourth-order valence-corrected chi connectivity index (χ4v) is 5.00. The molecule has 0 aliphatic heterocycles. The highest BCUT2D eigenvalue weighted by molar-refractivity contribution is 7.46. The van der Waals surface area contributed by atoms with Gasteiger partial charge in [0.2, 0.25) is 0 Å². The summed E-state index contributed by atoms with van der Waals surface area (Å²) in [4.78, 5) is 42.5. The third-order valence-corrected chi connectivity index (χ3v) is 7.71. The van der Waals surface area contributed by atoms with E-state index in [9.17, 15) is 14.2 Å². The average molecular weight is 631 g/mol. The molecule has 0 rings (SSSR count). The van der Waals surface area contributed by atoms with E-state index in [0.29, 0.717) is 12.8 Å². The molecule has 0 aromatic carbocycles. The number of carbonyl (C=O) groups excluding carboxylic acids is 2. The lowest BCUT2D eigenvalue weighted by molar-refractivity contribution is -0.161. The zero-order chi connectivity index (χ0) is 31.9. The van der Waals surface area contributed by atoms with Crippen LogP contribution in [-0.2, 0) is 28.2 Å². The standard InChI is InChI=1S/C34H63O8P/c1-3-5-7-9-11-13-15-16-17-18-19-21-22-24-26-28-33(35)40-30-32(31-41-43(37,38)39)42-34(36)29-27-25-23-20-14-12-10-8-6-4-2/h11,13,16-17,32H,3-10,12,14-15,18-31H2,1-2H3,(H2,37,38,39)/b13-11-,17-16-/t32-/m1/s1. The third-order valence-electron chi connectivity index (χ3n) is 7.22. The van der Waals surface area contributed by atoms with Crippen molar-refractivity contribution in [3.05, 3.63) is 24.3 Å². The molecule has 0 amide bonds. The highest BCUT2D eigenvalue weighted by Crippen LogP contribution is 2.35. The molecule has 0 heterocycles. The molecule has 0 spiro atoms. The molecule has 0 saturated carbocycles. The third kappa shape index (κ3) is 33.3. The number of phosphoric acid groups is 1. The first-order valence-electron chi connectivity index (χ1n) is 17.1. The Labute approximate surface area is 262 Å². The Kier molecular flexibility index (Phi) is 29.5. The Morgan fingerprint density at radius 3 is 1.58 bits per heavy atom. The maximum Gasteiger partial charge on any atom is 0.469 e. The number of allylic oxidation sites excluding steroid dienone is 4. The fourth-order valence-electron chi connectivity index (χ4n) is 4.64.